The minimum Gasteiger partial charge on any atom is -0.319 e. The Kier molecular flexibility index (Phi) is 7.00. The lowest BCUT2D eigenvalue weighted by Crippen LogP contribution is -2.40. The molecule has 0 unspecified atom stereocenters. The highest BCUT2D eigenvalue weighted by molar-refractivity contribution is 8.25. The van der Waals surface area contributed by atoms with Crippen molar-refractivity contribution in [2.24, 2.45) is 14.1 Å². The third kappa shape index (κ3) is 4.30. The second kappa shape index (κ2) is 10.2. The zero-order valence-electron chi connectivity index (χ0n) is 19.7. The van der Waals surface area contributed by atoms with Crippen molar-refractivity contribution in [1.29, 1.82) is 0 Å². The topological polar surface area (TPSA) is 9.86 Å². The number of hydrogen-bond acceptors (Lipinski definition) is 2. The molecule has 1 aromatic heterocycles. The maximum atomic E-state index is 6.81. The standard InChI is InChI=1S/C29H26N2P2S2/c1-30-27(32(23-15-7-3-8-16-23)24-17-9-4-10-18-24)28(31(2)29(30)34)33(35,25-19-11-5-12-20-25)26-21-13-6-14-22-26/h3-22H,1-2H3. The Morgan fingerprint density at radius 1 is 0.571 bits per heavy atom. The lowest BCUT2D eigenvalue weighted by Gasteiger charge is -2.28. The molecule has 0 radical (unpaired) electrons. The first kappa shape index (κ1) is 24.1. The molecule has 0 N–H and O–H groups in total. The molecule has 0 saturated heterocycles. The molecule has 174 valence electrons. The summed E-state index contributed by atoms with van der Waals surface area (Å²) < 4.78 is 5.16. The zero-order chi connectivity index (χ0) is 24.4. The van der Waals surface area contributed by atoms with Crippen LogP contribution in [-0.4, -0.2) is 9.13 Å². The summed E-state index contributed by atoms with van der Waals surface area (Å²) >= 11 is 12.8. The van der Waals surface area contributed by atoms with Gasteiger partial charge in [0, 0.05) is 22.0 Å². The predicted octanol–water partition coefficient (Wildman–Crippen LogP) is 4.61. The molecule has 0 saturated carbocycles. The Labute approximate surface area is 218 Å². The van der Waals surface area contributed by atoms with Gasteiger partial charge < -0.3 is 9.13 Å². The lowest BCUT2D eigenvalue weighted by molar-refractivity contribution is 0.829. The quantitative estimate of drug-likeness (QED) is 0.235. The third-order valence-corrected chi connectivity index (χ3v) is 14.4. The fraction of sp³-hybridized carbons (Fsp3) is 0.0690. The van der Waals surface area contributed by atoms with Crippen molar-refractivity contribution in [2.75, 3.05) is 0 Å². The van der Waals surface area contributed by atoms with Gasteiger partial charge in [-0.1, -0.05) is 133 Å². The van der Waals surface area contributed by atoms with Crippen molar-refractivity contribution in [1.82, 2.24) is 9.13 Å². The van der Waals surface area contributed by atoms with E-state index in [0.29, 0.717) is 0 Å². The van der Waals surface area contributed by atoms with E-state index in [4.69, 9.17) is 24.0 Å². The van der Waals surface area contributed by atoms with Gasteiger partial charge in [0.25, 0.3) is 0 Å². The Hall–Kier alpha value is -2.61. The van der Waals surface area contributed by atoms with Crippen LogP contribution in [0.3, 0.4) is 0 Å². The summed E-state index contributed by atoms with van der Waals surface area (Å²) in [5.41, 5.74) is 2.39. The molecule has 5 aromatic rings. The number of aromatic nitrogens is 2. The van der Waals surface area contributed by atoms with Gasteiger partial charge in [-0.2, -0.15) is 0 Å². The smallest absolute Gasteiger partial charge is 0.180 e. The Morgan fingerprint density at radius 2 is 0.943 bits per heavy atom. The molecule has 6 heteroatoms. The summed E-state index contributed by atoms with van der Waals surface area (Å²) in [4.78, 5) is 0. The van der Waals surface area contributed by atoms with E-state index >= 15 is 0 Å². The van der Waals surface area contributed by atoms with E-state index in [2.05, 4.69) is 145 Å². The Morgan fingerprint density at radius 3 is 1.34 bits per heavy atom. The zero-order valence-corrected chi connectivity index (χ0v) is 23.1. The van der Waals surface area contributed by atoms with Crippen LogP contribution >= 0.6 is 26.2 Å². The summed E-state index contributed by atoms with van der Waals surface area (Å²) in [6.07, 6.45) is 0. The second-order valence-electron chi connectivity index (χ2n) is 8.33. The number of rotatable bonds is 6. The van der Waals surface area contributed by atoms with E-state index in [9.17, 15) is 0 Å². The van der Waals surface area contributed by atoms with Crippen LogP contribution < -0.4 is 32.1 Å². The largest absolute Gasteiger partial charge is 0.319 e. The van der Waals surface area contributed by atoms with E-state index in [1.165, 1.54) is 26.7 Å². The van der Waals surface area contributed by atoms with E-state index in [1.807, 2.05) is 0 Å². The van der Waals surface area contributed by atoms with E-state index in [-0.39, 0.29) is 0 Å². The molecule has 0 bridgehead atoms. The molecule has 0 aliphatic rings. The molecular formula is C29H26N2P2S2. The fourth-order valence-electron chi connectivity index (χ4n) is 4.53. The second-order valence-corrected chi connectivity index (χ2v) is 15.1. The van der Waals surface area contributed by atoms with Crippen LogP contribution in [-0.2, 0) is 25.9 Å². The molecule has 0 spiro atoms. The van der Waals surface area contributed by atoms with Crippen LogP contribution in [0.25, 0.3) is 0 Å². The van der Waals surface area contributed by atoms with Crippen molar-refractivity contribution in [3.8, 4) is 0 Å². The van der Waals surface area contributed by atoms with Crippen molar-refractivity contribution in [2.45, 2.75) is 0 Å². The van der Waals surface area contributed by atoms with Crippen molar-refractivity contribution in [3.63, 3.8) is 0 Å². The van der Waals surface area contributed by atoms with E-state index in [1.54, 1.807) is 0 Å². The highest BCUT2D eigenvalue weighted by atomic mass is 32.4. The van der Waals surface area contributed by atoms with Crippen LogP contribution in [0, 0.1) is 4.77 Å². The van der Waals surface area contributed by atoms with Gasteiger partial charge in [0.15, 0.2) is 4.77 Å². The summed E-state index contributed by atoms with van der Waals surface area (Å²) in [5, 5.41) is 4.92. The van der Waals surface area contributed by atoms with Crippen LogP contribution in [0.1, 0.15) is 0 Å². The Bertz CT molecular complexity index is 1460. The molecule has 0 amide bonds. The molecule has 0 aliphatic heterocycles. The van der Waals surface area contributed by atoms with Gasteiger partial charge >= 0.3 is 0 Å². The van der Waals surface area contributed by atoms with E-state index in [0.717, 1.165) is 10.2 Å². The van der Waals surface area contributed by atoms with Gasteiger partial charge in [-0.05, 0) is 33.4 Å². The fourth-order valence-corrected chi connectivity index (χ4v) is 12.5. The first-order valence-electron chi connectivity index (χ1n) is 11.4. The average Bonchev–Trinajstić information content (AvgIpc) is 3.15. The monoisotopic (exact) mass is 528 g/mol. The average molecular weight is 529 g/mol. The summed E-state index contributed by atoms with van der Waals surface area (Å²) in [6.45, 7) is 0. The summed E-state index contributed by atoms with van der Waals surface area (Å²) in [5.74, 6) is 0. The highest BCUT2D eigenvalue weighted by Crippen LogP contribution is 2.45. The summed E-state index contributed by atoms with van der Waals surface area (Å²) in [6, 6.07) is 40.3. The molecular weight excluding hydrogens is 502 g/mol. The van der Waals surface area contributed by atoms with Crippen LogP contribution in [0.5, 0.6) is 0 Å². The van der Waals surface area contributed by atoms with Crippen molar-refractivity contribution >= 4 is 70.1 Å². The molecule has 1 heterocycles. The van der Waals surface area contributed by atoms with Crippen molar-refractivity contribution in [3.05, 3.63) is 126 Å². The minimum absolute atomic E-state index is 0.787. The lowest BCUT2D eigenvalue weighted by atomic mass is 10.4. The molecule has 4 aromatic carbocycles. The predicted molar refractivity (Wildman–Crippen MR) is 160 cm³/mol. The van der Waals surface area contributed by atoms with E-state index < -0.39 is 14.0 Å². The number of imidazole rings is 1. The number of hydrogen-bond donors (Lipinski definition) is 0. The first-order chi connectivity index (χ1) is 17.0. The van der Waals surface area contributed by atoms with Crippen LogP contribution in [0.4, 0.5) is 0 Å². The van der Waals surface area contributed by atoms with Gasteiger partial charge in [0.1, 0.15) is 0 Å². The molecule has 0 fully saturated rings. The summed E-state index contributed by atoms with van der Waals surface area (Å²) in [7, 11) is 3.28. The maximum Gasteiger partial charge on any atom is 0.180 e. The Balaban J connectivity index is 1.91. The molecule has 35 heavy (non-hydrogen) atoms. The van der Waals surface area contributed by atoms with Crippen LogP contribution in [0.2, 0.25) is 0 Å². The molecule has 0 aliphatic carbocycles. The maximum absolute atomic E-state index is 6.81. The highest BCUT2D eigenvalue weighted by Gasteiger charge is 2.35. The van der Waals surface area contributed by atoms with Crippen LogP contribution in [0.15, 0.2) is 121 Å². The van der Waals surface area contributed by atoms with Gasteiger partial charge in [0.2, 0.25) is 0 Å². The molecule has 0 atom stereocenters. The first-order valence-corrected chi connectivity index (χ1v) is 16.0. The SMILES string of the molecule is Cn1c(P(c2ccccc2)c2ccccc2)c(P(=S)(c2ccccc2)c2ccccc2)n(C)c1=S. The minimum atomic E-state index is -2.43. The normalized spacial score (nSPS) is 11.6. The van der Waals surface area contributed by atoms with Gasteiger partial charge in [-0.15, -0.1) is 0 Å². The van der Waals surface area contributed by atoms with Gasteiger partial charge in [-0.3, -0.25) is 0 Å². The van der Waals surface area contributed by atoms with Gasteiger partial charge in [0.05, 0.1) is 16.9 Å². The molecule has 2 nitrogen and oxygen atoms in total. The number of nitrogens with zero attached hydrogens (tertiary/aromatic N) is 2. The third-order valence-electron chi connectivity index (χ3n) is 6.19. The van der Waals surface area contributed by atoms with Crippen molar-refractivity contribution < 1.29 is 0 Å². The van der Waals surface area contributed by atoms with Gasteiger partial charge in [-0.25, -0.2) is 0 Å². The number of benzene rings is 4. The molecule has 5 rings (SSSR count).